The summed E-state index contributed by atoms with van der Waals surface area (Å²) in [6.45, 7) is 7.68. The maximum absolute atomic E-state index is 13.0. The number of piperidine rings is 1. The van der Waals surface area contributed by atoms with Gasteiger partial charge in [-0.2, -0.15) is 0 Å². The van der Waals surface area contributed by atoms with Crippen LogP contribution in [0.25, 0.3) is 0 Å². The number of nitrogens with zero attached hydrogens (tertiary/aromatic N) is 1. The number of ether oxygens (including phenoxy) is 1. The van der Waals surface area contributed by atoms with E-state index in [0.717, 1.165) is 25.1 Å². The molecule has 0 bridgehead atoms. The number of nitrogens with one attached hydrogen (secondary N) is 1. The van der Waals surface area contributed by atoms with Crippen molar-refractivity contribution in [2.45, 2.75) is 27.2 Å². The summed E-state index contributed by atoms with van der Waals surface area (Å²) in [4.78, 5) is 27.6. The van der Waals surface area contributed by atoms with Crippen LogP contribution in [0.3, 0.4) is 0 Å². The van der Waals surface area contributed by atoms with Crippen molar-refractivity contribution in [3.8, 4) is 11.5 Å². The third-order valence-corrected chi connectivity index (χ3v) is 5.34. The molecule has 1 fully saturated rings. The normalized spacial score (nSPS) is 19.0. The van der Waals surface area contributed by atoms with E-state index in [2.05, 4.69) is 19.2 Å². The lowest BCUT2D eigenvalue weighted by Crippen LogP contribution is -2.42. The summed E-state index contributed by atoms with van der Waals surface area (Å²) in [5.74, 6) is 0.801. The minimum Gasteiger partial charge on any atom is -0.507 e. The second-order valence-corrected chi connectivity index (χ2v) is 8.02. The molecule has 0 radical (unpaired) electrons. The molecule has 6 heteroatoms. The Morgan fingerprint density at radius 1 is 1.10 bits per heavy atom. The monoisotopic (exact) mass is 396 g/mol. The number of phenols is 1. The predicted molar refractivity (Wildman–Crippen MR) is 113 cm³/mol. The van der Waals surface area contributed by atoms with E-state index in [1.165, 1.54) is 19.2 Å². The molecule has 154 valence electrons. The lowest BCUT2D eigenvalue weighted by Gasteiger charge is -2.35. The van der Waals surface area contributed by atoms with Crippen molar-refractivity contribution in [3.63, 3.8) is 0 Å². The van der Waals surface area contributed by atoms with Crippen molar-refractivity contribution in [2.24, 2.45) is 11.8 Å². The molecule has 0 saturated carbocycles. The Balaban J connectivity index is 1.82. The molecule has 1 saturated heterocycles. The van der Waals surface area contributed by atoms with Crippen molar-refractivity contribution in [1.29, 1.82) is 0 Å². The first-order valence-corrected chi connectivity index (χ1v) is 9.86. The second-order valence-electron chi connectivity index (χ2n) is 8.02. The number of anilines is 1. The number of aromatic hydroxyl groups is 1. The standard InChI is InChI=1S/C23H28N2O4/c1-14-9-15(2)13-25(12-14)23(28)17-6-5-16(3)20(10-17)24-22(27)19-11-18(29-4)7-8-21(19)26/h5-8,10-11,14-15,26H,9,12-13H2,1-4H3,(H,24,27). The van der Waals surface area contributed by atoms with Gasteiger partial charge in [0.05, 0.1) is 12.7 Å². The number of amides is 2. The van der Waals surface area contributed by atoms with E-state index in [1.54, 1.807) is 18.2 Å². The quantitative estimate of drug-likeness (QED) is 0.816. The molecule has 3 rings (SSSR count). The average molecular weight is 396 g/mol. The molecule has 29 heavy (non-hydrogen) atoms. The third-order valence-electron chi connectivity index (χ3n) is 5.34. The van der Waals surface area contributed by atoms with Gasteiger partial charge in [0.15, 0.2) is 0 Å². The molecule has 2 N–H and O–H groups in total. The van der Waals surface area contributed by atoms with Gasteiger partial charge in [0.1, 0.15) is 11.5 Å². The van der Waals surface area contributed by atoms with E-state index in [4.69, 9.17) is 4.74 Å². The van der Waals surface area contributed by atoms with Crippen LogP contribution in [0.4, 0.5) is 5.69 Å². The van der Waals surface area contributed by atoms with E-state index >= 15 is 0 Å². The number of aryl methyl sites for hydroxylation is 1. The molecule has 1 aliphatic heterocycles. The molecular weight excluding hydrogens is 368 g/mol. The number of methoxy groups -OCH3 is 1. The summed E-state index contributed by atoms with van der Waals surface area (Å²) >= 11 is 0. The molecule has 2 amide bonds. The minimum atomic E-state index is -0.464. The largest absolute Gasteiger partial charge is 0.507 e. The summed E-state index contributed by atoms with van der Waals surface area (Å²) in [6.07, 6.45) is 1.13. The SMILES string of the molecule is COc1ccc(O)c(C(=O)Nc2cc(C(=O)N3CC(C)CC(C)C3)ccc2C)c1. The number of phenolic OH excluding ortho intramolecular Hbond substituents is 1. The van der Waals surface area contributed by atoms with E-state index in [9.17, 15) is 14.7 Å². The highest BCUT2D eigenvalue weighted by Gasteiger charge is 2.26. The van der Waals surface area contributed by atoms with Crippen LogP contribution >= 0.6 is 0 Å². The number of benzene rings is 2. The fourth-order valence-electron chi connectivity index (χ4n) is 3.91. The zero-order chi connectivity index (χ0) is 21.1. The van der Waals surface area contributed by atoms with Gasteiger partial charge >= 0.3 is 0 Å². The average Bonchev–Trinajstić information content (AvgIpc) is 2.68. The van der Waals surface area contributed by atoms with Gasteiger partial charge in [-0.05, 0) is 61.1 Å². The van der Waals surface area contributed by atoms with Crippen molar-refractivity contribution in [1.82, 2.24) is 4.90 Å². The summed E-state index contributed by atoms with van der Waals surface area (Å²) in [5, 5.41) is 12.8. The van der Waals surface area contributed by atoms with E-state index in [0.29, 0.717) is 28.8 Å². The highest BCUT2D eigenvalue weighted by molar-refractivity contribution is 6.07. The van der Waals surface area contributed by atoms with Gasteiger partial charge in [-0.3, -0.25) is 9.59 Å². The molecule has 2 atom stereocenters. The fourth-order valence-corrected chi connectivity index (χ4v) is 3.91. The molecule has 1 heterocycles. The van der Waals surface area contributed by atoms with Crippen molar-refractivity contribution in [3.05, 3.63) is 53.1 Å². The van der Waals surface area contributed by atoms with E-state index < -0.39 is 5.91 Å². The molecule has 2 aromatic rings. The van der Waals surface area contributed by atoms with Crippen LogP contribution in [0.15, 0.2) is 36.4 Å². The van der Waals surface area contributed by atoms with Gasteiger partial charge in [0, 0.05) is 24.3 Å². The minimum absolute atomic E-state index is 0.0249. The molecule has 6 nitrogen and oxygen atoms in total. The van der Waals surface area contributed by atoms with Crippen LogP contribution in [0.1, 0.15) is 46.5 Å². The van der Waals surface area contributed by atoms with Crippen molar-refractivity contribution >= 4 is 17.5 Å². The number of hydrogen-bond donors (Lipinski definition) is 2. The highest BCUT2D eigenvalue weighted by Crippen LogP contribution is 2.27. The van der Waals surface area contributed by atoms with Gasteiger partial charge in [0.2, 0.25) is 0 Å². The Labute approximate surface area is 171 Å². The van der Waals surface area contributed by atoms with Crippen LogP contribution in [0, 0.1) is 18.8 Å². The molecule has 1 aliphatic rings. The Bertz CT molecular complexity index is 915. The molecule has 0 aromatic heterocycles. The fraction of sp³-hybridized carbons (Fsp3) is 0.391. The van der Waals surface area contributed by atoms with Crippen LogP contribution < -0.4 is 10.1 Å². The number of likely N-dealkylation sites (tertiary alicyclic amines) is 1. The summed E-state index contributed by atoms with van der Waals surface area (Å²) in [5.41, 5.74) is 2.03. The topological polar surface area (TPSA) is 78.9 Å². The van der Waals surface area contributed by atoms with Gasteiger partial charge in [-0.15, -0.1) is 0 Å². The summed E-state index contributed by atoms with van der Waals surface area (Å²) in [6, 6.07) is 9.80. The summed E-state index contributed by atoms with van der Waals surface area (Å²) in [7, 11) is 1.50. The number of carbonyl (C=O) groups excluding carboxylic acids is 2. The lowest BCUT2D eigenvalue weighted by atomic mass is 9.91. The van der Waals surface area contributed by atoms with Gasteiger partial charge in [-0.1, -0.05) is 19.9 Å². The van der Waals surface area contributed by atoms with Crippen LogP contribution in [0.2, 0.25) is 0 Å². The summed E-state index contributed by atoms with van der Waals surface area (Å²) < 4.78 is 5.13. The number of carbonyl (C=O) groups is 2. The Hall–Kier alpha value is -3.02. The molecule has 0 spiro atoms. The zero-order valence-corrected chi connectivity index (χ0v) is 17.4. The number of hydrogen-bond acceptors (Lipinski definition) is 4. The predicted octanol–water partition coefficient (Wildman–Crippen LogP) is 4.08. The molecule has 0 aliphatic carbocycles. The van der Waals surface area contributed by atoms with Crippen molar-refractivity contribution < 1.29 is 19.4 Å². The third kappa shape index (κ3) is 4.70. The number of rotatable bonds is 4. The molecule has 2 aromatic carbocycles. The first-order valence-electron chi connectivity index (χ1n) is 9.86. The lowest BCUT2D eigenvalue weighted by molar-refractivity contribution is 0.0623. The maximum atomic E-state index is 13.0. The first kappa shape index (κ1) is 20.7. The zero-order valence-electron chi connectivity index (χ0n) is 17.4. The first-order chi connectivity index (χ1) is 13.8. The van der Waals surface area contributed by atoms with Gasteiger partial charge in [0.25, 0.3) is 11.8 Å². The highest BCUT2D eigenvalue weighted by atomic mass is 16.5. The smallest absolute Gasteiger partial charge is 0.259 e. The van der Waals surface area contributed by atoms with Crippen LogP contribution in [-0.2, 0) is 0 Å². The van der Waals surface area contributed by atoms with Gasteiger partial charge < -0.3 is 20.1 Å². The Morgan fingerprint density at radius 2 is 1.79 bits per heavy atom. The van der Waals surface area contributed by atoms with Crippen molar-refractivity contribution in [2.75, 3.05) is 25.5 Å². The van der Waals surface area contributed by atoms with E-state index in [1.807, 2.05) is 17.9 Å². The Morgan fingerprint density at radius 3 is 2.45 bits per heavy atom. The van der Waals surface area contributed by atoms with Gasteiger partial charge in [-0.25, -0.2) is 0 Å². The Kier molecular flexibility index (Phi) is 6.11. The maximum Gasteiger partial charge on any atom is 0.259 e. The van der Waals surface area contributed by atoms with Crippen LogP contribution in [0.5, 0.6) is 11.5 Å². The molecule has 2 unspecified atom stereocenters. The van der Waals surface area contributed by atoms with Crippen LogP contribution in [-0.4, -0.2) is 42.0 Å². The second kappa shape index (κ2) is 8.55. The molecular formula is C23H28N2O4. The van der Waals surface area contributed by atoms with E-state index in [-0.39, 0.29) is 17.2 Å².